The van der Waals surface area contributed by atoms with E-state index in [0.717, 1.165) is 24.3 Å². The Bertz CT molecular complexity index is 4160. The first kappa shape index (κ1) is 46.8. The summed E-state index contributed by atoms with van der Waals surface area (Å²) in [7, 11) is -19.2. The van der Waals surface area contributed by atoms with Crippen molar-refractivity contribution < 1.29 is 79.0 Å². The predicted octanol–water partition coefficient (Wildman–Crippen LogP) is 6.14. The topological polar surface area (TPSA) is 357 Å². The molecule has 5 aromatic carbocycles. The third-order valence-electron chi connectivity index (χ3n) is 10.5. The number of sulfonamides is 1. The van der Waals surface area contributed by atoms with Crippen LogP contribution in [0, 0.1) is 6.92 Å². The first-order chi connectivity index (χ1) is 31.7. The van der Waals surface area contributed by atoms with E-state index >= 15 is 0 Å². The summed E-state index contributed by atoms with van der Waals surface area (Å²) in [6, 6.07) is 19.9. The van der Waals surface area contributed by atoms with E-state index in [4.69, 9.17) is 24.5 Å². The molecule has 2 aliphatic rings. The van der Waals surface area contributed by atoms with E-state index in [1.54, 1.807) is 18.2 Å². The van der Waals surface area contributed by atoms with Crippen molar-refractivity contribution in [1.82, 2.24) is 39.9 Å². The fourth-order valence-corrected chi connectivity index (χ4v) is 11.8. The third-order valence-corrected chi connectivity index (χ3v) is 15.4. The zero-order valence-corrected chi connectivity index (χ0v) is 38.6. The molecule has 349 valence electrons. The number of H-pyrrole nitrogens is 2. The van der Waals surface area contributed by atoms with Crippen molar-refractivity contribution in [3.63, 3.8) is 0 Å². The summed E-state index contributed by atoms with van der Waals surface area (Å²) in [4.78, 5) is 32.3. The van der Waals surface area contributed by atoms with Crippen molar-refractivity contribution in [3.05, 3.63) is 96.6 Å². The molecule has 8 bridgehead atoms. The summed E-state index contributed by atoms with van der Waals surface area (Å²) >= 11 is 0.558. The summed E-state index contributed by atoms with van der Waals surface area (Å²) in [6.07, 6.45) is 0. The average molecular weight is 1070 g/mol. The first-order valence-corrected chi connectivity index (χ1v) is 25.3. The average Bonchev–Trinajstić information content (AvgIpc) is 4.00. The Kier molecular flexibility index (Phi) is 11.5. The van der Waals surface area contributed by atoms with E-state index in [1.165, 1.54) is 55.5 Å². The van der Waals surface area contributed by atoms with E-state index in [-0.39, 0.29) is 123 Å². The van der Waals surface area contributed by atoms with Gasteiger partial charge in [0.05, 0.1) is 32.3 Å². The number of anilines is 1. The first-order valence-electron chi connectivity index (χ1n) is 18.8. The molecule has 0 spiro atoms. The van der Waals surface area contributed by atoms with E-state index < -0.39 is 60.0 Å². The van der Waals surface area contributed by atoms with Gasteiger partial charge in [0.25, 0.3) is 40.4 Å². The fraction of sp³-hybridized carbons (Fsp3) is 0.0256. The van der Waals surface area contributed by atoms with Gasteiger partial charge >= 0.3 is 17.1 Å². The number of hydrogen-bond acceptors (Lipinski definition) is 18. The number of benzene rings is 5. The summed E-state index contributed by atoms with van der Waals surface area (Å²) in [5.41, 5.74) is -0.415. The minimum Gasteiger partial charge on any atom is -0.324 e. The molecule has 0 fully saturated rings. The summed E-state index contributed by atoms with van der Waals surface area (Å²) in [5.74, 6) is -0.804. The zero-order valence-electron chi connectivity index (χ0n) is 33.6. The van der Waals surface area contributed by atoms with E-state index in [0.29, 0.717) is 12.0 Å². The van der Waals surface area contributed by atoms with Crippen molar-refractivity contribution in [2.24, 2.45) is 0 Å². The summed E-state index contributed by atoms with van der Waals surface area (Å²) in [6.45, 7) is 1.35. The Morgan fingerprint density at radius 3 is 1.59 bits per heavy atom. The molecule has 5 heterocycles. The van der Waals surface area contributed by atoms with Crippen LogP contribution in [0.4, 0.5) is 5.69 Å². The number of rotatable bonds is 9. The van der Waals surface area contributed by atoms with Gasteiger partial charge in [0.1, 0.15) is 32.4 Å². The van der Waals surface area contributed by atoms with Gasteiger partial charge in [0.2, 0.25) is 0 Å². The molecule has 3 aromatic heterocycles. The van der Waals surface area contributed by atoms with Gasteiger partial charge in [-0.2, -0.15) is 25.3 Å². The molecule has 29 heteroatoms. The molecule has 0 unspecified atom stereocenters. The second kappa shape index (κ2) is 16.7. The Morgan fingerprint density at radius 1 is 0.544 bits per heavy atom. The summed E-state index contributed by atoms with van der Waals surface area (Å²) in [5, 5.41) is 12.8. The Hall–Kier alpha value is -6.31. The molecule has 23 nitrogen and oxygen atoms in total. The second-order valence-corrected chi connectivity index (χ2v) is 21.1. The monoisotopic (exact) mass is 1070 g/mol. The molecule has 7 N–H and O–H groups in total. The van der Waals surface area contributed by atoms with Gasteiger partial charge in [0, 0.05) is 43.9 Å². The number of nitrogens with one attached hydrogen (secondary N) is 3. The largest absolute Gasteiger partial charge is 2.00 e. The van der Waals surface area contributed by atoms with E-state index in [2.05, 4.69) is 34.7 Å². The fourth-order valence-electron chi connectivity index (χ4n) is 7.85. The maximum absolute atomic E-state index is 14.4. The molecule has 10 rings (SSSR count). The SMILES string of the molecule is Cc1cc(NS(=O)(=O)c2cccc3c4nc5nc(nc6[nH]c(nc7nc(nc([nH]4)c23)-c2cccc(SOOO)c2-7)c2cccc(S(=O)(=O)O)c62)-c2cccc(S(=O)(=O)O)c2-5)ccc1S(=O)(=O)O.[Cu+2]. The smallest absolute Gasteiger partial charge is 0.324 e. The van der Waals surface area contributed by atoms with Crippen LogP contribution in [0.15, 0.2) is 115 Å². The van der Waals surface area contributed by atoms with Crippen molar-refractivity contribution >= 4 is 102 Å². The molecule has 0 saturated carbocycles. The van der Waals surface area contributed by atoms with Gasteiger partial charge in [-0.1, -0.05) is 53.6 Å². The molecule has 68 heavy (non-hydrogen) atoms. The Morgan fingerprint density at radius 2 is 1.03 bits per heavy atom. The molecule has 2 aliphatic heterocycles. The van der Waals surface area contributed by atoms with Gasteiger partial charge in [-0.05, 0) is 55.0 Å². The van der Waals surface area contributed by atoms with E-state index in [1.807, 2.05) is 0 Å². The second-order valence-electron chi connectivity index (χ2n) is 14.6. The zero-order chi connectivity index (χ0) is 47.4. The molecule has 1 radical (unpaired) electrons. The van der Waals surface area contributed by atoms with Crippen LogP contribution in [0.2, 0.25) is 0 Å². The quantitative estimate of drug-likeness (QED) is 0.0280. The summed E-state index contributed by atoms with van der Waals surface area (Å²) < 4.78 is 142. The van der Waals surface area contributed by atoms with Crippen LogP contribution >= 0.6 is 12.0 Å². The number of aromatic nitrogens is 8. The van der Waals surface area contributed by atoms with Crippen LogP contribution in [0.1, 0.15) is 5.56 Å². The minimum absolute atomic E-state index is 0. The van der Waals surface area contributed by atoms with Gasteiger partial charge < -0.3 is 9.97 Å². The number of hydrogen-bond donors (Lipinski definition) is 7. The molecule has 0 amide bonds. The van der Waals surface area contributed by atoms with Crippen LogP contribution < -0.4 is 4.72 Å². The maximum Gasteiger partial charge on any atom is 2.00 e. The molecular formula is C39H25CuN9O14S5+2. The van der Waals surface area contributed by atoms with Crippen LogP contribution in [0.5, 0.6) is 0 Å². The van der Waals surface area contributed by atoms with Crippen LogP contribution in [0.25, 0.3) is 89.7 Å². The van der Waals surface area contributed by atoms with Gasteiger partial charge in [-0.3, -0.25) is 18.4 Å². The van der Waals surface area contributed by atoms with E-state index in [9.17, 15) is 47.3 Å². The molecule has 0 atom stereocenters. The van der Waals surface area contributed by atoms with Crippen molar-refractivity contribution in [2.45, 2.75) is 31.4 Å². The molecule has 0 aliphatic carbocycles. The number of fused-ring (bicyclic) bond motifs is 20. The van der Waals surface area contributed by atoms with Crippen LogP contribution in [-0.2, 0) is 66.8 Å². The van der Waals surface area contributed by atoms with Crippen LogP contribution in [-0.4, -0.2) is 92.5 Å². The minimum atomic E-state index is -5.01. The van der Waals surface area contributed by atoms with Gasteiger partial charge in [0.15, 0.2) is 23.3 Å². The van der Waals surface area contributed by atoms with Gasteiger partial charge in [-0.15, -0.1) is 4.33 Å². The third kappa shape index (κ3) is 8.06. The molecular weight excluding hydrogens is 1040 g/mol. The standard InChI is InChI=1S/C39H25N9O14S5.Cu/c1-17-16-18(14-15-24(17)65(52,53)54)48-64(50,51)25-11-3-7-20-29(25)37-42-32-19-6-2-10-23(63-62-61-49)28(19)36(40-32)41-34-21-8-4-12-26(66(55,56)57)30(21)39(45-34)47-35-22-9-5-13-27(67(58,59)60)31(22)38(46-35)44-33(20)43-37;/h2-16,48-49H,1H3,(H,52,53,54)(H,55,56,57)(H,58,59,60)(H2,40,41,42,43,44,45,46,47);/q;+2. The normalized spacial score (nSPS) is 12.7. The van der Waals surface area contributed by atoms with Gasteiger partial charge in [-0.25, -0.2) is 43.6 Å². The van der Waals surface area contributed by atoms with Crippen molar-refractivity contribution in [3.8, 4) is 45.6 Å². The Balaban J connectivity index is 0.00000578. The Labute approximate surface area is 397 Å². The number of nitrogens with zero attached hydrogens (tertiary/aromatic N) is 6. The number of aromatic amines is 2. The predicted molar refractivity (Wildman–Crippen MR) is 238 cm³/mol. The maximum atomic E-state index is 14.4. The van der Waals surface area contributed by atoms with Crippen molar-refractivity contribution in [2.75, 3.05) is 4.72 Å². The molecule has 0 saturated heterocycles. The molecule has 8 aromatic rings. The van der Waals surface area contributed by atoms with Crippen molar-refractivity contribution in [1.29, 1.82) is 0 Å². The van der Waals surface area contributed by atoms with Crippen LogP contribution in [0.3, 0.4) is 0 Å². The number of aryl methyl sites for hydroxylation is 1.